The lowest BCUT2D eigenvalue weighted by atomic mass is 9.85. The molecule has 0 radical (unpaired) electrons. The molecule has 2 aromatic rings. The summed E-state index contributed by atoms with van der Waals surface area (Å²) >= 11 is 0. The first-order chi connectivity index (χ1) is 14.0. The van der Waals surface area contributed by atoms with E-state index in [1.54, 1.807) is 13.8 Å². The second-order valence-corrected chi connectivity index (χ2v) is 8.65. The summed E-state index contributed by atoms with van der Waals surface area (Å²) in [4.78, 5) is 26.4. The maximum Gasteiger partial charge on any atom is 0.387 e. The van der Waals surface area contributed by atoms with Gasteiger partial charge in [0, 0.05) is 12.6 Å². The molecule has 1 N–H and O–H groups in total. The average molecular weight is 443 g/mol. The van der Waals surface area contributed by atoms with Crippen LogP contribution in [0.15, 0.2) is 33.7 Å². The van der Waals surface area contributed by atoms with E-state index in [0.29, 0.717) is 5.69 Å². The first-order valence-corrected chi connectivity index (χ1v) is 10.3. The number of halogens is 2. The van der Waals surface area contributed by atoms with E-state index in [0.717, 1.165) is 18.2 Å². The first kappa shape index (κ1) is 21.7. The molecule has 2 amide bonds. The molecule has 1 atom stereocenters. The molecular formula is C18H19F2N3O6S. The van der Waals surface area contributed by atoms with Gasteiger partial charge in [0.15, 0.2) is 0 Å². The van der Waals surface area contributed by atoms with E-state index < -0.39 is 38.9 Å². The number of aryl methyl sites for hydroxylation is 2. The van der Waals surface area contributed by atoms with Crippen LogP contribution in [0.3, 0.4) is 0 Å². The van der Waals surface area contributed by atoms with Crippen LogP contribution in [0.25, 0.3) is 0 Å². The van der Waals surface area contributed by atoms with Crippen LogP contribution in [0.2, 0.25) is 0 Å². The Morgan fingerprint density at radius 2 is 2.03 bits per heavy atom. The minimum absolute atomic E-state index is 0.216. The van der Waals surface area contributed by atoms with Gasteiger partial charge in [0.05, 0.1) is 10.6 Å². The number of nitrogens with one attached hydrogen (secondary N) is 1. The number of ether oxygens (including phenoxy) is 1. The Balaban J connectivity index is 1.80. The van der Waals surface area contributed by atoms with E-state index in [2.05, 4.69) is 9.89 Å². The molecule has 1 aromatic heterocycles. The van der Waals surface area contributed by atoms with Crippen LogP contribution in [0.5, 0.6) is 5.75 Å². The molecular weight excluding hydrogens is 424 g/mol. The minimum Gasteiger partial charge on any atom is -0.435 e. The molecule has 1 aliphatic rings. The summed E-state index contributed by atoms with van der Waals surface area (Å²) in [5.74, 6) is -1.50. The normalized spacial score (nSPS) is 18.8. The highest BCUT2D eigenvalue weighted by molar-refractivity contribution is 7.90. The second-order valence-electron chi connectivity index (χ2n) is 6.97. The summed E-state index contributed by atoms with van der Waals surface area (Å²) in [6, 6.07) is 4.36. The highest BCUT2D eigenvalue weighted by Gasteiger charge is 2.51. The Morgan fingerprint density at radius 3 is 2.57 bits per heavy atom. The maximum atomic E-state index is 12.8. The number of amides is 2. The van der Waals surface area contributed by atoms with E-state index >= 15 is 0 Å². The van der Waals surface area contributed by atoms with Gasteiger partial charge >= 0.3 is 6.61 Å². The number of hydrogen-bond acceptors (Lipinski definition) is 7. The minimum atomic E-state index is -4.39. The van der Waals surface area contributed by atoms with Crippen LogP contribution in [0, 0.1) is 13.8 Å². The van der Waals surface area contributed by atoms with Gasteiger partial charge in [0.25, 0.3) is 21.8 Å². The predicted molar refractivity (Wildman–Crippen MR) is 98.4 cm³/mol. The van der Waals surface area contributed by atoms with Gasteiger partial charge < -0.3 is 14.2 Å². The van der Waals surface area contributed by atoms with Gasteiger partial charge in [-0.05, 0) is 39.3 Å². The van der Waals surface area contributed by atoms with Crippen LogP contribution in [-0.4, -0.2) is 49.0 Å². The van der Waals surface area contributed by atoms with Crippen molar-refractivity contribution in [3.63, 3.8) is 0 Å². The number of sulfonamides is 1. The molecule has 1 aromatic carbocycles. The third-order valence-corrected chi connectivity index (χ3v) is 6.30. The van der Waals surface area contributed by atoms with E-state index in [1.165, 1.54) is 17.9 Å². The summed E-state index contributed by atoms with van der Waals surface area (Å²) in [5.41, 5.74) is -0.846. The first-order valence-electron chi connectivity index (χ1n) is 8.82. The highest BCUT2D eigenvalue weighted by Crippen LogP contribution is 2.34. The second kappa shape index (κ2) is 7.67. The molecule has 0 aliphatic carbocycles. The summed E-state index contributed by atoms with van der Waals surface area (Å²) in [5, 5.41) is 3.71. The van der Waals surface area contributed by atoms with Gasteiger partial charge in [-0.15, -0.1) is 0 Å². The van der Waals surface area contributed by atoms with Crippen LogP contribution in [-0.2, 0) is 14.8 Å². The smallest absolute Gasteiger partial charge is 0.387 e. The molecule has 1 fully saturated rings. The lowest BCUT2D eigenvalue weighted by molar-refractivity contribution is -0.135. The zero-order chi connectivity index (χ0) is 22.3. The Bertz CT molecular complexity index is 1080. The molecule has 0 spiro atoms. The van der Waals surface area contributed by atoms with Crippen molar-refractivity contribution >= 4 is 21.8 Å². The number of hydrogen-bond donors (Lipinski definition) is 1. The van der Waals surface area contributed by atoms with Gasteiger partial charge in [-0.2, -0.15) is 8.78 Å². The lowest BCUT2D eigenvalue weighted by Gasteiger charge is -2.48. The molecule has 0 bridgehead atoms. The van der Waals surface area contributed by atoms with E-state index in [1.807, 2.05) is 4.72 Å². The standard InChI is InChI=1S/C18H19F2N3O6S/c1-10-14(11(2)29-21-10)15(24)23-8-7-18(23,3)16(25)22-30(26,27)13-6-4-5-12(9-13)28-17(19)20/h4-6,9,17H,7-8H2,1-3H3,(H,22,25). The van der Waals surface area contributed by atoms with Crippen molar-refractivity contribution in [3.8, 4) is 5.75 Å². The number of carbonyl (C=O) groups excluding carboxylic acids is 2. The average Bonchev–Trinajstić information content (AvgIpc) is 2.97. The number of likely N-dealkylation sites (tertiary alicyclic amines) is 1. The molecule has 9 nitrogen and oxygen atoms in total. The van der Waals surface area contributed by atoms with Crippen molar-refractivity contribution in [1.29, 1.82) is 0 Å². The van der Waals surface area contributed by atoms with Crippen LogP contribution in [0.4, 0.5) is 8.78 Å². The Kier molecular flexibility index (Phi) is 5.54. The van der Waals surface area contributed by atoms with Crippen LogP contribution in [0.1, 0.15) is 35.2 Å². The fourth-order valence-corrected chi connectivity index (χ4v) is 4.26. The zero-order valence-corrected chi connectivity index (χ0v) is 17.1. The number of aromatic nitrogens is 1. The summed E-state index contributed by atoms with van der Waals surface area (Å²) in [7, 11) is -4.39. The maximum absolute atomic E-state index is 12.8. The molecule has 162 valence electrons. The molecule has 1 unspecified atom stereocenters. The molecule has 30 heavy (non-hydrogen) atoms. The molecule has 2 heterocycles. The molecule has 1 aliphatic heterocycles. The quantitative estimate of drug-likeness (QED) is 0.725. The number of carbonyl (C=O) groups is 2. The fourth-order valence-electron chi connectivity index (χ4n) is 3.15. The van der Waals surface area contributed by atoms with Crippen molar-refractivity contribution in [2.75, 3.05) is 6.54 Å². The lowest BCUT2D eigenvalue weighted by Crippen LogP contribution is -2.67. The summed E-state index contributed by atoms with van der Waals surface area (Å²) in [6.45, 7) is 1.69. The Labute approximate surface area is 171 Å². The number of nitrogens with zero attached hydrogens (tertiary/aromatic N) is 2. The zero-order valence-electron chi connectivity index (χ0n) is 16.3. The van der Waals surface area contributed by atoms with Crippen molar-refractivity contribution in [1.82, 2.24) is 14.8 Å². The van der Waals surface area contributed by atoms with E-state index in [9.17, 15) is 26.8 Å². The topological polar surface area (TPSA) is 119 Å². The Morgan fingerprint density at radius 1 is 1.33 bits per heavy atom. The van der Waals surface area contributed by atoms with Crippen LogP contribution >= 0.6 is 0 Å². The van der Waals surface area contributed by atoms with Gasteiger partial charge in [-0.3, -0.25) is 9.59 Å². The van der Waals surface area contributed by atoms with E-state index in [-0.39, 0.29) is 30.0 Å². The number of rotatable bonds is 6. The largest absolute Gasteiger partial charge is 0.435 e. The third-order valence-electron chi connectivity index (χ3n) is 4.97. The van der Waals surface area contributed by atoms with Crippen molar-refractivity contribution in [2.45, 2.75) is 44.2 Å². The van der Waals surface area contributed by atoms with Crippen molar-refractivity contribution in [3.05, 3.63) is 41.3 Å². The van der Waals surface area contributed by atoms with Gasteiger partial charge in [0.1, 0.15) is 22.6 Å². The number of alkyl halides is 2. The molecule has 1 saturated heterocycles. The predicted octanol–water partition coefficient (Wildman–Crippen LogP) is 2.00. The molecule has 12 heteroatoms. The highest BCUT2D eigenvalue weighted by atomic mass is 32.2. The SMILES string of the molecule is Cc1noc(C)c1C(=O)N1CCC1(C)C(=O)NS(=O)(=O)c1cccc(OC(F)F)c1. The Hall–Kier alpha value is -3.02. The molecule has 3 rings (SSSR count). The monoisotopic (exact) mass is 443 g/mol. The summed E-state index contributed by atoms with van der Waals surface area (Å²) < 4.78 is 61.0. The summed E-state index contributed by atoms with van der Waals surface area (Å²) in [6.07, 6.45) is 0.234. The van der Waals surface area contributed by atoms with Gasteiger partial charge in [-0.1, -0.05) is 11.2 Å². The fraction of sp³-hybridized carbons (Fsp3) is 0.389. The van der Waals surface area contributed by atoms with E-state index in [4.69, 9.17) is 4.52 Å². The number of benzene rings is 1. The molecule has 0 saturated carbocycles. The van der Waals surface area contributed by atoms with Crippen molar-refractivity contribution < 1.29 is 36.0 Å². The van der Waals surface area contributed by atoms with Crippen LogP contribution < -0.4 is 9.46 Å². The van der Waals surface area contributed by atoms with Gasteiger partial charge in [-0.25, -0.2) is 13.1 Å². The van der Waals surface area contributed by atoms with Crippen molar-refractivity contribution in [2.24, 2.45) is 0 Å². The third kappa shape index (κ3) is 3.86. The van der Waals surface area contributed by atoms with Gasteiger partial charge in [0.2, 0.25) is 0 Å².